The van der Waals surface area contributed by atoms with Crippen molar-refractivity contribution in [1.29, 1.82) is 0 Å². The molecule has 0 atom stereocenters. The van der Waals surface area contributed by atoms with Crippen LogP contribution in [0.25, 0.3) is 0 Å². The first-order valence-electron chi connectivity index (χ1n) is 6.88. The first kappa shape index (κ1) is 15.5. The molecule has 0 saturated heterocycles. The molecule has 1 aliphatic rings. The fraction of sp³-hybridized carbons (Fsp3) is 0.533. The van der Waals surface area contributed by atoms with Gasteiger partial charge in [-0.25, -0.2) is 0 Å². The number of phenols is 1. The van der Waals surface area contributed by atoms with E-state index in [1.54, 1.807) is 6.07 Å². The average Bonchev–Trinajstić information content (AvgIpc) is 2.40. The van der Waals surface area contributed by atoms with E-state index in [0.717, 1.165) is 12.8 Å². The molecule has 3 nitrogen and oxygen atoms in total. The van der Waals surface area contributed by atoms with E-state index in [4.69, 9.17) is 23.2 Å². The van der Waals surface area contributed by atoms with Gasteiger partial charge in [0.1, 0.15) is 10.8 Å². The number of rotatable bonds is 3. The molecular weight excluding hydrogens is 297 g/mol. The van der Waals surface area contributed by atoms with Crippen molar-refractivity contribution >= 4 is 34.8 Å². The minimum Gasteiger partial charge on any atom is -0.506 e. The molecule has 0 spiro atoms. The second kappa shape index (κ2) is 6.23. The fourth-order valence-electron chi connectivity index (χ4n) is 2.80. The van der Waals surface area contributed by atoms with E-state index in [1.165, 1.54) is 25.3 Å². The van der Waals surface area contributed by atoms with Crippen LogP contribution in [0.15, 0.2) is 12.1 Å². The van der Waals surface area contributed by atoms with Crippen molar-refractivity contribution in [2.24, 2.45) is 5.41 Å². The molecule has 0 unspecified atom stereocenters. The molecule has 1 aliphatic carbocycles. The van der Waals surface area contributed by atoms with Crippen LogP contribution < -0.4 is 5.32 Å². The maximum absolute atomic E-state index is 12.2. The van der Waals surface area contributed by atoms with E-state index in [1.807, 2.05) is 0 Å². The maximum Gasteiger partial charge on any atom is 0.224 e. The standard InChI is InChI=1S/C15H19Cl2NO2/c1-15(7-3-2-4-8-15)9-12(20)18-10-5-6-11(19)14(17)13(10)16/h5-6,19H,2-4,7-9H2,1H3,(H,18,20). The number of halogens is 2. The van der Waals surface area contributed by atoms with Gasteiger partial charge in [0.05, 0.1) is 10.7 Å². The zero-order valence-corrected chi connectivity index (χ0v) is 13.0. The molecule has 110 valence electrons. The van der Waals surface area contributed by atoms with Gasteiger partial charge in [-0.2, -0.15) is 0 Å². The first-order valence-corrected chi connectivity index (χ1v) is 7.64. The van der Waals surface area contributed by atoms with E-state index >= 15 is 0 Å². The predicted octanol–water partition coefficient (Wildman–Crippen LogP) is 5.00. The van der Waals surface area contributed by atoms with Gasteiger partial charge in [-0.3, -0.25) is 4.79 Å². The summed E-state index contributed by atoms with van der Waals surface area (Å²) in [6.07, 6.45) is 6.30. The van der Waals surface area contributed by atoms with E-state index in [0.29, 0.717) is 12.1 Å². The van der Waals surface area contributed by atoms with Crippen LogP contribution in [-0.2, 0) is 4.79 Å². The molecule has 0 bridgehead atoms. The van der Waals surface area contributed by atoms with Crippen LogP contribution >= 0.6 is 23.2 Å². The van der Waals surface area contributed by atoms with E-state index < -0.39 is 0 Å². The second-order valence-electron chi connectivity index (χ2n) is 5.86. The second-order valence-corrected chi connectivity index (χ2v) is 6.61. The van der Waals surface area contributed by atoms with E-state index in [9.17, 15) is 9.90 Å². The summed E-state index contributed by atoms with van der Waals surface area (Å²) >= 11 is 11.9. The smallest absolute Gasteiger partial charge is 0.224 e. The van der Waals surface area contributed by atoms with Crippen LogP contribution in [0, 0.1) is 5.41 Å². The van der Waals surface area contributed by atoms with Gasteiger partial charge in [0.2, 0.25) is 5.91 Å². The number of phenolic OH excluding ortho intramolecular Hbond substituents is 1. The number of nitrogens with one attached hydrogen (secondary N) is 1. The molecule has 1 aromatic carbocycles. The minimum atomic E-state index is -0.0890. The highest BCUT2D eigenvalue weighted by Crippen LogP contribution is 2.40. The molecule has 0 aliphatic heterocycles. The van der Waals surface area contributed by atoms with Crippen molar-refractivity contribution in [2.75, 3.05) is 5.32 Å². The van der Waals surface area contributed by atoms with Crippen LogP contribution in [-0.4, -0.2) is 11.0 Å². The number of anilines is 1. The third-order valence-electron chi connectivity index (χ3n) is 3.98. The summed E-state index contributed by atoms with van der Waals surface area (Å²) in [6, 6.07) is 2.98. The Morgan fingerprint density at radius 3 is 2.55 bits per heavy atom. The number of carbonyl (C=O) groups excluding carboxylic acids is 1. The Morgan fingerprint density at radius 2 is 1.90 bits per heavy atom. The topological polar surface area (TPSA) is 49.3 Å². The molecule has 0 heterocycles. The molecule has 1 fully saturated rings. The van der Waals surface area contributed by atoms with Crippen molar-refractivity contribution in [2.45, 2.75) is 45.4 Å². The first-order chi connectivity index (χ1) is 9.41. The molecule has 1 aromatic rings. The molecule has 2 N–H and O–H groups in total. The number of carbonyl (C=O) groups is 1. The Labute approximate surface area is 129 Å². The number of benzene rings is 1. The number of amides is 1. The molecule has 1 amide bonds. The van der Waals surface area contributed by atoms with Gasteiger partial charge in [-0.15, -0.1) is 0 Å². The van der Waals surface area contributed by atoms with Crippen molar-refractivity contribution in [3.63, 3.8) is 0 Å². The van der Waals surface area contributed by atoms with Gasteiger partial charge < -0.3 is 10.4 Å². The summed E-state index contributed by atoms with van der Waals surface area (Å²) < 4.78 is 0. The lowest BCUT2D eigenvalue weighted by atomic mass is 9.73. The van der Waals surface area contributed by atoms with Gasteiger partial charge in [0.25, 0.3) is 0 Å². The number of hydrogen-bond acceptors (Lipinski definition) is 2. The zero-order chi connectivity index (χ0) is 14.8. The maximum atomic E-state index is 12.2. The van der Waals surface area contributed by atoms with Crippen molar-refractivity contribution < 1.29 is 9.90 Å². The third kappa shape index (κ3) is 3.58. The molecular formula is C15H19Cl2NO2. The van der Waals surface area contributed by atoms with E-state index in [-0.39, 0.29) is 27.1 Å². The van der Waals surface area contributed by atoms with Crippen molar-refractivity contribution in [1.82, 2.24) is 0 Å². The van der Waals surface area contributed by atoms with Crippen LogP contribution in [0.4, 0.5) is 5.69 Å². The van der Waals surface area contributed by atoms with Gasteiger partial charge in [0, 0.05) is 6.42 Å². The van der Waals surface area contributed by atoms with Crippen molar-refractivity contribution in [3.8, 4) is 5.75 Å². The Kier molecular flexibility index (Phi) is 4.82. The molecule has 0 aromatic heterocycles. The van der Waals surface area contributed by atoms with Crippen molar-refractivity contribution in [3.05, 3.63) is 22.2 Å². The third-order valence-corrected chi connectivity index (χ3v) is 4.86. The predicted molar refractivity (Wildman–Crippen MR) is 82.6 cm³/mol. The van der Waals surface area contributed by atoms with Crippen LogP contribution in [0.3, 0.4) is 0 Å². The summed E-state index contributed by atoms with van der Waals surface area (Å²) in [4.78, 5) is 12.2. The van der Waals surface area contributed by atoms with Crippen LogP contribution in [0.2, 0.25) is 10.0 Å². The minimum absolute atomic E-state index is 0.0574. The zero-order valence-electron chi connectivity index (χ0n) is 11.5. The molecule has 1 saturated carbocycles. The van der Waals surface area contributed by atoms with Gasteiger partial charge in [0.15, 0.2) is 0 Å². The lowest BCUT2D eigenvalue weighted by molar-refractivity contribution is -0.118. The largest absolute Gasteiger partial charge is 0.506 e. The monoisotopic (exact) mass is 315 g/mol. The Bertz CT molecular complexity index is 511. The summed E-state index contributed by atoms with van der Waals surface area (Å²) in [7, 11) is 0. The summed E-state index contributed by atoms with van der Waals surface area (Å²) in [5, 5.41) is 12.5. The Balaban J connectivity index is 2.03. The SMILES string of the molecule is CC1(CC(=O)Nc2ccc(O)c(Cl)c2Cl)CCCCC1. The highest BCUT2D eigenvalue weighted by atomic mass is 35.5. The summed E-state index contributed by atoms with van der Waals surface area (Å²) in [6.45, 7) is 2.16. The molecule has 20 heavy (non-hydrogen) atoms. The Morgan fingerprint density at radius 1 is 1.25 bits per heavy atom. The highest BCUT2D eigenvalue weighted by Gasteiger charge is 2.29. The number of hydrogen-bond donors (Lipinski definition) is 2. The lowest BCUT2D eigenvalue weighted by Gasteiger charge is -2.32. The quantitative estimate of drug-likeness (QED) is 0.771. The van der Waals surface area contributed by atoms with Gasteiger partial charge in [-0.1, -0.05) is 49.4 Å². The summed E-state index contributed by atoms with van der Waals surface area (Å²) in [5.41, 5.74) is 0.522. The van der Waals surface area contributed by atoms with Crippen LogP contribution in [0.5, 0.6) is 5.75 Å². The fourth-order valence-corrected chi connectivity index (χ4v) is 3.17. The normalized spacial score (nSPS) is 17.8. The van der Waals surface area contributed by atoms with Gasteiger partial charge in [-0.05, 0) is 30.4 Å². The highest BCUT2D eigenvalue weighted by molar-refractivity contribution is 6.44. The molecule has 5 heteroatoms. The number of aromatic hydroxyl groups is 1. The van der Waals surface area contributed by atoms with E-state index in [2.05, 4.69) is 12.2 Å². The molecule has 2 rings (SSSR count). The van der Waals surface area contributed by atoms with Gasteiger partial charge >= 0.3 is 0 Å². The Hall–Kier alpha value is -0.930. The molecule has 0 radical (unpaired) electrons. The average molecular weight is 316 g/mol. The summed E-state index contributed by atoms with van der Waals surface area (Å²) in [5.74, 6) is -0.146. The lowest BCUT2D eigenvalue weighted by Crippen LogP contribution is -2.27. The van der Waals surface area contributed by atoms with Crippen LogP contribution in [0.1, 0.15) is 45.4 Å².